The number of carbonyl (C=O) groups is 2. The van der Waals surface area contributed by atoms with Crippen molar-refractivity contribution in [1.82, 2.24) is 9.88 Å². The molecule has 0 bridgehead atoms. The quantitative estimate of drug-likeness (QED) is 0.353. The fourth-order valence-corrected chi connectivity index (χ4v) is 7.01. The molecular formula is C24H26BrN3O3S2. The number of anilines is 1. The average Bonchev–Trinajstić information content (AvgIpc) is 3.26. The zero-order chi connectivity index (χ0) is 24.1. The first-order valence-electron chi connectivity index (χ1n) is 10.6. The Bertz CT molecular complexity index is 1260. The number of hydrogen-bond donors (Lipinski definition) is 1. The summed E-state index contributed by atoms with van der Waals surface area (Å²) in [6.45, 7) is 13.2. The third-order valence-electron chi connectivity index (χ3n) is 5.40. The number of carbonyl (C=O) groups excluding carboxylic acids is 2. The van der Waals surface area contributed by atoms with Crippen LogP contribution in [0.15, 0.2) is 35.3 Å². The van der Waals surface area contributed by atoms with Crippen molar-refractivity contribution >= 4 is 65.8 Å². The number of benzene rings is 1. The predicted octanol–water partition coefficient (Wildman–Crippen LogP) is 7.15. The standard InChI is InChI=1S/C24H26BrN3O3S2/c1-7-18(29)27-22-19(21-26-16-9-8-14(25)11-17(16)32-21)15-10-12(2)28(13(3)20(15)33-22)23(30)31-24(4,5)6/h7-9,11-13H,1,10H2,2-6H3,(H,27,29). The van der Waals surface area contributed by atoms with Crippen molar-refractivity contribution in [2.24, 2.45) is 0 Å². The van der Waals surface area contributed by atoms with Gasteiger partial charge < -0.3 is 10.1 Å². The molecule has 0 spiro atoms. The van der Waals surface area contributed by atoms with Gasteiger partial charge in [0.1, 0.15) is 15.6 Å². The molecule has 9 heteroatoms. The molecule has 1 aromatic carbocycles. The van der Waals surface area contributed by atoms with E-state index in [1.54, 1.807) is 16.2 Å². The molecule has 0 fully saturated rings. The van der Waals surface area contributed by atoms with Crippen molar-refractivity contribution in [2.45, 2.75) is 58.7 Å². The maximum atomic E-state index is 13.0. The molecule has 2 amide bonds. The number of thiazole rings is 1. The van der Waals surface area contributed by atoms with Crippen LogP contribution in [0.2, 0.25) is 0 Å². The number of ether oxygens (including phenoxy) is 1. The molecule has 0 saturated heterocycles. The minimum Gasteiger partial charge on any atom is -0.444 e. The molecule has 2 unspecified atom stereocenters. The number of hydrogen-bond acceptors (Lipinski definition) is 6. The van der Waals surface area contributed by atoms with Gasteiger partial charge in [-0.15, -0.1) is 22.7 Å². The van der Waals surface area contributed by atoms with Gasteiger partial charge in [-0.25, -0.2) is 9.78 Å². The maximum Gasteiger partial charge on any atom is 0.411 e. The number of nitrogens with zero attached hydrogens (tertiary/aromatic N) is 2. The summed E-state index contributed by atoms with van der Waals surface area (Å²) in [5.74, 6) is -0.275. The van der Waals surface area contributed by atoms with Crippen LogP contribution in [-0.2, 0) is 16.0 Å². The fraction of sp³-hybridized carbons (Fsp3) is 0.375. The normalized spacial score (nSPS) is 18.2. The Balaban J connectivity index is 1.83. The molecule has 33 heavy (non-hydrogen) atoms. The first-order chi connectivity index (χ1) is 15.5. The summed E-state index contributed by atoms with van der Waals surface area (Å²) >= 11 is 6.61. The Morgan fingerprint density at radius 3 is 2.70 bits per heavy atom. The van der Waals surface area contributed by atoms with Gasteiger partial charge in [0.15, 0.2) is 0 Å². The van der Waals surface area contributed by atoms with E-state index in [9.17, 15) is 9.59 Å². The minimum absolute atomic E-state index is 0.0674. The van der Waals surface area contributed by atoms with Gasteiger partial charge in [0, 0.05) is 21.0 Å². The summed E-state index contributed by atoms with van der Waals surface area (Å²) in [6, 6.07) is 5.74. The Hall–Kier alpha value is -2.23. The lowest BCUT2D eigenvalue weighted by atomic mass is 9.93. The highest BCUT2D eigenvalue weighted by Gasteiger charge is 2.39. The monoisotopic (exact) mass is 547 g/mol. The lowest BCUT2D eigenvalue weighted by molar-refractivity contribution is -0.111. The first kappa shape index (κ1) is 23.9. The molecule has 2 aromatic heterocycles. The zero-order valence-corrected chi connectivity index (χ0v) is 22.4. The number of aromatic nitrogens is 1. The lowest BCUT2D eigenvalue weighted by Gasteiger charge is -2.39. The Labute approximate surface area is 209 Å². The fourth-order valence-electron chi connectivity index (χ4n) is 4.06. The van der Waals surface area contributed by atoms with Crippen LogP contribution < -0.4 is 5.32 Å². The number of amides is 2. The molecule has 0 saturated carbocycles. The second-order valence-corrected chi connectivity index (χ2v) is 12.1. The number of rotatable bonds is 3. The van der Waals surface area contributed by atoms with Gasteiger partial charge in [-0.2, -0.15) is 0 Å². The smallest absolute Gasteiger partial charge is 0.411 e. The Morgan fingerprint density at radius 2 is 2.03 bits per heavy atom. The molecule has 3 heterocycles. The van der Waals surface area contributed by atoms with E-state index in [0.717, 1.165) is 40.7 Å². The number of halogens is 1. The molecule has 174 valence electrons. The molecule has 1 aliphatic heterocycles. The molecule has 0 aliphatic carbocycles. The van der Waals surface area contributed by atoms with Crippen LogP contribution in [0.1, 0.15) is 51.1 Å². The largest absolute Gasteiger partial charge is 0.444 e. The van der Waals surface area contributed by atoms with Crippen molar-refractivity contribution in [1.29, 1.82) is 0 Å². The molecule has 2 atom stereocenters. The topological polar surface area (TPSA) is 71.5 Å². The van der Waals surface area contributed by atoms with Crippen molar-refractivity contribution < 1.29 is 14.3 Å². The highest BCUT2D eigenvalue weighted by molar-refractivity contribution is 9.10. The van der Waals surface area contributed by atoms with Crippen LogP contribution in [0.5, 0.6) is 0 Å². The minimum atomic E-state index is -0.574. The van der Waals surface area contributed by atoms with E-state index >= 15 is 0 Å². The first-order valence-corrected chi connectivity index (χ1v) is 13.1. The molecule has 4 rings (SSSR count). The highest BCUT2D eigenvalue weighted by atomic mass is 79.9. The molecule has 3 aromatic rings. The summed E-state index contributed by atoms with van der Waals surface area (Å²) in [4.78, 5) is 32.9. The third-order valence-corrected chi connectivity index (χ3v) is 8.25. The van der Waals surface area contributed by atoms with E-state index in [0.29, 0.717) is 6.42 Å². The van der Waals surface area contributed by atoms with Gasteiger partial charge in [-0.3, -0.25) is 9.69 Å². The number of nitrogens with one attached hydrogen (secondary N) is 1. The summed E-state index contributed by atoms with van der Waals surface area (Å²) in [7, 11) is 0. The average molecular weight is 549 g/mol. The second-order valence-electron chi connectivity index (χ2n) is 9.09. The highest BCUT2D eigenvalue weighted by Crippen LogP contribution is 2.50. The van der Waals surface area contributed by atoms with Crippen LogP contribution in [-0.4, -0.2) is 33.5 Å². The molecule has 0 radical (unpaired) electrons. The van der Waals surface area contributed by atoms with Gasteiger partial charge in [0.05, 0.1) is 16.3 Å². The maximum absolute atomic E-state index is 13.0. The van der Waals surface area contributed by atoms with Crippen molar-refractivity contribution in [3.63, 3.8) is 0 Å². The van der Waals surface area contributed by atoms with Crippen LogP contribution >= 0.6 is 38.6 Å². The van der Waals surface area contributed by atoms with Crippen LogP contribution in [0.3, 0.4) is 0 Å². The Kier molecular flexibility index (Phi) is 6.41. The van der Waals surface area contributed by atoms with E-state index in [2.05, 4.69) is 27.8 Å². The molecule has 1 N–H and O–H groups in total. The summed E-state index contributed by atoms with van der Waals surface area (Å²) in [5, 5.41) is 4.56. The molecule has 1 aliphatic rings. The van der Waals surface area contributed by atoms with Gasteiger partial charge in [-0.1, -0.05) is 22.5 Å². The molecule has 6 nitrogen and oxygen atoms in total. The van der Waals surface area contributed by atoms with Crippen molar-refractivity contribution in [2.75, 3.05) is 5.32 Å². The van der Waals surface area contributed by atoms with Gasteiger partial charge >= 0.3 is 6.09 Å². The third kappa shape index (κ3) is 4.72. The zero-order valence-electron chi connectivity index (χ0n) is 19.2. The van der Waals surface area contributed by atoms with E-state index in [1.165, 1.54) is 17.4 Å². The van der Waals surface area contributed by atoms with Crippen LogP contribution in [0.4, 0.5) is 9.80 Å². The van der Waals surface area contributed by atoms with Gasteiger partial charge in [0.2, 0.25) is 5.91 Å². The van der Waals surface area contributed by atoms with Crippen molar-refractivity contribution in [3.8, 4) is 10.6 Å². The number of thiophene rings is 1. The van der Waals surface area contributed by atoms with Crippen LogP contribution in [0, 0.1) is 0 Å². The molecular weight excluding hydrogens is 522 g/mol. The lowest BCUT2D eigenvalue weighted by Crippen LogP contribution is -2.46. The van der Waals surface area contributed by atoms with E-state index in [4.69, 9.17) is 9.72 Å². The van der Waals surface area contributed by atoms with Gasteiger partial charge in [0.25, 0.3) is 0 Å². The number of fused-ring (bicyclic) bond motifs is 2. The van der Waals surface area contributed by atoms with Crippen LogP contribution in [0.25, 0.3) is 20.8 Å². The SMILES string of the molecule is C=CC(=O)Nc1sc2c(c1-c1nc3ccc(Br)cc3s1)CC(C)N(C(=O)OC(C)(C)C)C2C. The van der Waals surface area contributed by atoms with Gasteiger partial charge in [-0.05, 0) is 70.9 Å². The van der Waals surface area contributed by atoms with E-state index in [1.807, 2.05) is 52.8 Å². The van der Waals surface area contributed by atoms with Crippen molar-refractivity contribution in [3.05, 3.63) is 45.8 Å². The summed E-state index contributed by atoms with van der Waals surface area (Å²) in [6.07, 6.45) is 1.58. The summed E-state index contributed by atoms with van der Waals surface area (Å²) < 4.78 is 7.74. The summed E-state index contributed by atoms with van der Waals surface area (Å²) in [5.41, 5.74) is 2.39. The predicted molar refractivity (Wildman–Crippen MR) is 139 cm³/mol. The van der Waals surface area contributed by atoms with E-state index < -0.39 is 5.60 Å². The van der Waals surface area contributed by atoms with E-state index in [-0.39, 0.29) is 24.1 Å². The Morgan fingerprint density at radius 1 is 1.30 bits per heavy atom. The second kappa shape index (κ2) is 8.85.